The fraction of sp³-hybridized carbons (Fsp3) is 0.276. The first-order chi connectivity index (χ1) is 19.3. The molecular weight excluding hydrogens is 523 g/mol. The maximum atomic E-state index is 12.9. The quantitative estimate of drug-likeness (QED) is 0.111. The molecule has 2 aromatic carbocycles. The highest BCUT2D eigenvalue weighted by Crippen LogP contribution is 2.32. The second kappa shape index (κ2) is 11.9. The number of alkyl halides is 3. The van der Waals surface area contributed by atoms with Gasteiger partial charge in [0.15, 0.2) is 0 Å². The Hall–Kier alpha value is -4.22. The maximum Gasteiger partial charge on any atom is 0.416 e. The first-order valence-electron chi connectivity index (χ1n) is 12.9. The molecule has 0 amide bonds. The Morgan fingerprint density at radius 3 is 2.67 bits per heavy atom. The molecule has 0 atom stereocenters. The lowest BCUT2D eigenvalue weighted by atomic mass is 10.1. The Kier molecular flexibility index (Phi) is 8.13. The van der Waals surface area contributed by atoms with Crippen LogP contribution in [0.4, 0.5) is 19.0 Å². The van der Waals surface area contributed by atoms with Crippen LogP contribution in [-0.2, 0) is 17.5 Å². The number of nitrogens with zero attached hydrogens (tertiary/aromatic N) is 2. The average Bonchev–Trinajstić information content (AvgIpc) is 3.35. The maximum absolute atomic E-state index is 12.9. The van der Waals surface area contributed by atoms with Crippen molar-refractivity contribution in [3.8, 4) is 0 Å². The number of ether oxygens (including phenoxy) is 1. The van der Waals surface area contributed by atoms with E-state index in [4.69, 9.17) is 4.74 Å². The van der Waals surface area contributed by atoms with Crippen molar-refractivity contribution in [2.45, 2.75) is 25.6 Å². The molecule has 4 N–H and O–H groups in total. The molecule has 0 saturated carbocycles. The van der Waals surface area contributed by atoms with Crippen LogP contribution in [0.25, 0.3) is 32.6 Å². The number of aromatic nitrogens is 3. The molecule has 0 bridgehead atoms. The van der Waals surface area contributed by atoms with Gasteiger partial charge in [0, 0.05) is 64.8 Å². The van der Waals surface area contributed by atoms with Gasteiger partial charge in [-0.2, -0.15) is 13.2 Å². The highest BCUT2D eigenvalue weighted by Gasteiger charge is 2.30. The Bertz CT molecular complexity index is 1650. The van der Waals surface area contributed by atoms with E-state index in [1.165, 1.54) is 6.07 Å². The number of benzene rings is 2. The fourth-order valence-electron chi connectivity index (χ4n) is 4.60. The van der Waals surface area contributed by atoms with E-state index in [9.17, 15) is 23.1 Å². The minimum Gasteiger partial charge on any atom is -0.478 e. The highest BCUT2D eigenvalue weighted by molar-refractivity contribution is 6.10. The van der Waals surface area contributed by atoms with E-state index in [0.717, 1.165) is 53.4 Å². The molecule has 208 valence electrons. The van der Waals surface area contributed by atoms with Gasteiger partial charge in [0.05, 0.1) is 23.3 Å². The van der Waals surface area contributed by atoms with E-state index < -0.39 is 17.7 Å². The molecule has 0 aliphatic heterocycles. The molecule has 0 aliphatic rings. The van der Waals surface area contributed by atoms with Gasteiger partial charge >= 0.3 is 12.1 Å². The molecular formula is C29H28F3N5O3. The molecule has 11 heteroatoms. The molecule has 5 rings (SSSR count). The molecule has 8 nitrogen and oxygen atoms in total. The number of aromatic carboxylic acids is 1. The Balaban J connectivity index is 1.03. The number of pyridine rings is 2. The summed E-state index contributed by atoms with van der Waals surface area (Å²) in [6, 6.07) is 12.2. The standard InChI is InChI=1S/C29H28F3N5O3/c30-29(31,32)20-4-6-25-19(13-20)14-21(36-25)16-33-8-1-2-11-40-12-10-35-27-23-7-9-34-17-24(23)22-5-3-18(28(38)39)15-26(22)37-27/h3-7,9,13-15,17,33,36H,1-2,8,10-12,16H2,(H,35,37)(H,38,39). The highest BCUT2D eigenvalue weighted by atomic mass is 19.4. The lowest BCUT2D eigenvalue weighted by molar-refractivity contribution is -0.137. The number of carbonyl (C=O) groups is 1. The number of anilines is 1. The van der Waals surface area contributed by atoms with Crippen molar-refractivity contribution in [3.63, 3.8) is 0 Å². The van der Waals surface area contributed by atoms with E-state index in [1.807, 2.05) is 6.07 Å². The molecule has 5 aromatic rings. The fourth-order valence-corrected chi connectivity index (χ4v) is 4.60. The molecule has 3 aromatic heterocycles. The van der Waals surface area contributed by atoms with Gasteiger partial charge in [-0.1, -0.05) is 6.07 Å². The normalized spacial score (nSPS) is 12.0. The van der Waals surface area contributed by atoms with E-state index in [-0.39, 0.29) is 5.56 Å². The first-order valence-corrected chi connectivity index (χ1v) is 12.9. The molecule has 40 heavy (non-hydrogen) atoms. The minimum atomic E-state index is -4.35. The number of unbranched alkanes of at least 4 members (excludes halogenated alkanes) is 1. The van der Waals surface area contributed by atoms with Crippen molar-refractivity contribution in [2.24, 2.45) is 0 Å². The summed E-state index contributed by atoms with van der Waals surface area (Å²) in [6.07, 6.45) is 0.836. The minimum absolute atomic E-state index is 0.174. The summed E-state index contributed by atoms with van der Waals surface area (Å²) >= 11 is 0. The van der Waals surface area contributed by atoms with Crippen molar-refractivity contribution >= 4 is 44.4 Å². The van der Waals surface area contributed by atoms with Crippen LogP contribution >= 0.6 is 0 Å². The molecule has 0 fully saturated rings. The van der Waals surface area contributed by atoms with Crippen LogP contribution in [0.3, 0.4) is 0 Å². The largest absolute Gasteiger partial charge is 0.478 e. The zero-order valence-corrected chi connectivity index (χ0v) is 21.5. The zero-order chi connectivity index (χ0) is 28.1. The van der Waals surface area contributed by atoms with Gasteiger partial charge in [-0.3, -0.25) is 4.98 Å². The topological polar surface area (TPSA) is 112 Å². The summed E-state index contributed by atoms with van der Waals surface area (Å²) in [4.78, 5) is 23.4. The molecule has 0 spiro atoms. The van der Waals surface area contributed by atoms with Gasteiger partial charge in [-0.25, -0.2) is 9.78 Å². The van der Waals surface area contributed by atoms with Gasteiger partial charge in [-0.05, 0) is 61.9 Å². The van der Waals surface area contributed by atoms with Crippen molar-refractivity contribution < 1.29 is 27.8 Å². The summed E-state index contributed by atoms with van der Waals surface area (Å²) in [7, 11) is 0. The third-order valence-electron chi connectivity index (χ3n) is 6.59. The molecule has 0 radical (unpaired) electrons. The van der Waals surface area contributed by atoms with Crippen molar-refractivity contribution in [1.29, 1.82) is 0 Å². The Morgan fingerprint density at radius 2 is 1.85 bits per heavy atom. The number of carboxylic acid groups (broad SMARTS) is 1. The van der Waals surface area contributed by atoms with Crippen LogP contribution in [0.15, 0.2) is 60.9 Å². The van der Waals surface area contributed by atoms with Crippen LogP contribution in [0, 0.1) is 0 Å². The number of carboxylic acids is 1. The molecule has 3 heterocycles. The number of aromatic amines is 1. The summed E-state index contributed by atoms with van der Waals surface area (Å²) in [6.45, 7) is 2.89. The van der Waals surface area contributed by atoms with E-state index in [1.54, 1.807) is 36.7 Å². The first kappa shape index (κ1) is 27.4. The number of hydrogen-bond acceptors (Lipinski definition) is 6. The van der Waals surface area contributed by atoms with E-state index >= 15 is 0 Å². The number of rotatable bonds is 12. The van der Waals surface area contributed by atoms with Crippen molar-refractivity contribution in [2.75, 3.05) is 31.6 Å². The van der Waals surface area contributed by atoms with Crippen molar-refractivity contribution in [1.82, 2.24) is 20.3 Å². The lowest BCUT2D eigenvalue weighted by Gasteiger charge is -2.12. The average molecular weight is 552 g/mol. The Morgan fingerprint density at radius 1 is 0.975 bits per heavy atom. The molecule has 0 aliphatic carbocycles. The number of H-pyrrole nitrogens is 1. The molecule has 0 unspecified atom stereocenters. The summed E-state index contributed by atoms with van der Waals surface area (Å²) in [5, 5.41) is 19.1. The van der Waals surface area contributed by atoms with E-state index in [2.05, 4.69) is 25.6 Å². The number of fused-ring (bicyclic) bond motifs is 4. The number of nitrogens with one attached hydrogen (secondary N) is 3. The number of hydrogen-bond donors (Lipinski definition) is 4. The van der Waals surface area contributed by atoms with Crippen LogP contribution < -0.4 is 10.6 Å². The zero-order valence-electron chi connectivity index (χ0n) is 21.5. The monoisotopic (exact) mass is 551 g/mol. The van der Waals surface area contributed by atoms with Gasteiger partial charge in [-0.15, -0.1) is 0 Å². The van der Waals surface area contributed by atoms with Gasteiger partial charge in [0.2, 0.25) is 0 Å². The summed E-state index contributed by atoms with van der Waals surface area (Å²) in [5.74, 6) is -0.360. The summed E-state index contributed by atoms with van der Waals surface area (Å²) in [5.41, 5.74) is 1.62. The van der Waals surface area contributed by atoms with Crippen LogP contribution in [0.1, 0.15) is 34.5 Å². The van der Waals surface area contributed by atoms with Gasteiger partial charge in [0.25, 0.3) is 0 Å². The third-order valence-corrected chi connectivity index (χ3v) is 6.59. The summed E-state index contributed by atoms with van der Waals surface area (Å²) < 4.78 is 44.5. The Labute approximate surface area is 227 Å². The smallest absolute Gasteiger partial charge is 0.416 e. The predicted octanol–water partition coefficient (Wildman–Crippen LogP) is 5.98. The van der Waals surface area contributed by atoms with Crippen LogP contribution in [0.2, 0.25) is 0 Å². The van der Waals surface area contributed by atoms with Crippen LogP contribution in [0.5, 0.6) is 0 Å². The third kappa shape index (κ3) is 6.32. The van der Waals surface area contributed by atoms with Crippen molar-refractivity contribution in [3.05, 3.63) is 77.7 Å². The van der Waals surface area contributed by atoms with Crippen LogP contribution in [-0.4, -0.2) is 52.3 Å². The predicted molar refractivity (Wildman–Crippen MR) is 148 cm³/mol. The SMILES string of the molecule is O=C(O)c1ccc2c(c1)nc(NCCOCCCCNCc1cc3cc(C(F)(F)F)ccc3[nH]1)c1ccncc12. The second-order valence-corrected chi connectivity index (χ2v) is 9.44. The van der Waals surface area contributed by atoms with Gasteiger partial charge < -0.3 is 25.5 Å². The lowest BCUT2D eigenvalue weighted by Crippen LogP contribution is -2.16. The van der Waals surface area contributed by atoms with E-state index in [0.29, 0.717) is 48.5 Å². The second-order valence-electron chi connectivity index (χ2n) is 9.44. The van der Waals surface area contributed by atoms with Gasteiger partial charge in [0.1, 0.15) is 5.82 Å². The number of halogens is 3. The molecule has 0 saturated heterocycles.